The second-order valence-corrected chi connectivity index (χ2v) is 4.58. The summed E-state index contributed by atoms with van der Waals surface area (Å²) in [6.45, 7) is 8.20. The fourth-order valence-corrected chi connectivity index (χ4v) is 1.48. The van der Waals surface area contributed by atoms with Gasteiger partial charge < -0.3 is 16.0 Å². The number of anilines is 2. The number of aromatic nitrogens is 2. The molecule has 0 fully saturated rings. The number of hydrogen-bond acceptors (Lipinski definition) is 5. The molecule has 0 saturated carbocycles. The molecule has 0 unspecified atom stereocenters. The third kappa shape index (κ3) is 4.99. The molecule has 0 saturated heterocycles. The molecule has 0 aromatic carbocycles. The molecule has 3 N–H and O–H groups in total. The smallest absolute Gasteiger partial charge is 0.131 e. The fraction of sp³-hybridized carbons (Fsp3) is 0.667. The molecule has 5 nitrogen and oxygen atoms in total. The highest BCUT2D eigenvalue weighted by Gasteiger charge is 2.02. The molecule has 0 spiro atoms. The molecule has 17 heavy (non-hydrogen) atoms. The van der Waals surface area contributed by atoms with Crippen molar-refractivity contribution < 1.29 is 0 Å². The van der Waals surface area contributed by atoms with E-state index in [1.54, 1.807) is 6.07 Å². The third-order valence-corrected chi connectivity index (χ3v) is 2.73. The van der Waals surface area contributed by atoms with Crippen LogP contribution in [-0.2, 0) is 0 Å². The van der Waals surface area contributed by atoms with Crippen molar-refractivity contribution in [1.82, 2.24) is 14.9 Å². The lowest BCUT2D eigenvalue weighted by molar-refractivity contribution is 0.273. The van der Waals surface area contributed by atoms with Crippen LogP contribution >= 0.6 is 0 Å². The maximum Gasteiger partial charge on any atom is 0.131 e. The average molecular weight is 237 g/mol. The fourth-order valence-electron chi connectivity index (χ4n) is 1.48. The largest absolute Gasteiger partial charge is 0.384 e. The van der Waals surface area contributed by atoms with Crippen LogP contribution in [0.2, 0.25) is 0 Å². The average Bonchev–Trinajstić information content (AvgIpc) is 2.22. The van der Waals surface area contributed by atoms with Crippen molar-refractivity contribution in [2.24, 2.45) is 0 Å². The van der Waals surface area contributed by atoms with Gasteiger partial charge in [-0.25, -0.2) is 9.97 Å². The van der Waals surface area contributed by atoms with E-state index in [0.29, 0.717) is 17.7 Å². The molecule has 1 heterocycles. The summed E-state index contributed by atoms with van der Waals surface area (Å²) < 4.78 is 0. The van der Waals surface area contributed by atoms with E-state index >= 15 is 0 Å². The maximum atomic E-state index is 5.65. The Morgan fingerprint density at radius 1 is 1.41 bits per heavy atom. The lowest BCUT2D eigenvalue weighted by atomic mass is 10.3. The number of nitrogen functional groups attached to an aromatic ring is 1. The lowest BCUT2D eigenvalue weighted by Crippen LogP contribution is -2.28. The molecule has 0 aliphatic carbocycles. The Morgan fingerprint density at radius 3 is 2.71 bits per heavy atom. The highest BCUT2D eigenvalue weighted by molar-refractivity contribution is 5.44. The first-order chi connectivity index (χ1) is 7.99. The zero-order chi connectivity index (χ0) is 12.8. The predicted molar refractivity (Wildman–Crippen MR) is 72.1 cm³/mol. The van der Waals surface area contributed by atoms with Crippen molar-refractivity contribution in [2.45, 2.75) is 33.2 Å². The lowest BCUT2D eigenvalue weighted by Gasteiger charge is -2.20. The third-order valence-electron chi connectivity index (χ3n) is 2.73. The molecular weight excluding hydrogens is 214 g/mol. The van der Waals surface area contributed by atoms with Crippen molar-refractivity contribution in [1.29, 1.82) is 0 Å². The van der Waals surface area contributed by atoms with Crippen LogP contribution in [0.1, 0.15) is 26.1 Å². The van der Waals surface area contributed by atoms with Gasteiger partial charge in [-0.2, -0.15) is 0 Å². The van der Waals surface area contributed by atoms with Crippen LogP contribution in [0, 0.1) is 6.92 Å². The van der Waals surface area contributed by atoms with Gasteiger partial charge >= 0.3 is 0 Å². The van der Waals surface area contributed by atoms with E-state index in [0.717, 1.165) is 25.3 Å². The van der Waals surface area contributed by atoms with Gasteiger partial charge in [-0.3, -0.25) is 0 Å². The SMILES string of the molecule is Cc1nc(N)cc(NCCCN(C)C(C)C)n1. The summed E-state index contributed by atoms with van der Waals surface area (Å²) >= 11 is 0. The summed E-state index contributed by atoms with van der Waals surface area (Å²) in [5, 5.41) is 3.26. The van der Waals surface area contributed by atoms with Gasteiger partial charge in [0, 0.05) is 18.7 Å². The van der Waals surface area contributed by atoms with E-state index in [1.807, 2.05) is 6.92 Å². The van der Waals surface area contributed by atoms with Gasteiger partial charge in [0.05, 0.1) is 0 Å². The standard InChI is InChI=1S/C12H23N5/c1-9(2)17(4)7-5-6-14-12-8-11(13)15-10(3)16-12/h8-9H,5-7H2,1-4H3,(H3,13,14,15,16). The van der Waals surface area contributed by atoms with Gasteiger partial charge in [-0.1, -0.05) is 0 Å². The minimum atomic E-state index is 0.513. The van der Waals surface area contributed by atoms with Gasteiger partial charge in [0.2, 0.25) is 0 Å². The second kappa shape index (κ2) is 6.39. The number of hydrogen-bond donors (Lipinski definition) is 2. The number of nitrogens with one attached hydrogen (secondary N) is 1. The molecule has 96 valence electrons. The van der Waals surface area contributed by atoms with Crippen molar-refractivity contribution in [2.75, 3.05) is 31.2 Å². The van der Waals surface area contributed by atoms with Crippen molar-refractivity contribution in [3.8, 4) is 0 Å². The van der Waals surface area contributed by atoms with E-state index in [-0.39, 0.29) is 0 Å². The van der Waals surface area contributed by atoms with E-state index in [9.17, 15) is 0 Å². The molecular formula is C12H23N5. The monoisotopic (exact) mass is 237 g/mol. The summed E-state index contributed by atoms with van der Waals surface area (Å²) in [4.78, 5) is 10.6. The van der Waals surface area contributed by atoms with Gasteiger partial charge in [0.25, 0.3) is 0 Å². The quantitative estimate of drug-likeness (QED) is 0.734. The summed E-state index contributed by atoms with van der Waals surface area (Å²) in [6.07, 6.45) is 1.08. The van der Waals surface area contributed by atoms with Crippen molar-refractivity contribution in [3.05, 3.63) is 11.9 Å². The number of nitrogens with zero attached hydrogens (tertiary/aromatic N) is 3. The van der Waals surface area contributed by atoms with E-state index < -0.39 is 0 Å². The number of rotatable bonds is 6. The molecule has 1 aromatic rings. The Hall–Kier alpha value is -1.36. The number of nitrogens with two attached hydrogens (primary N) is 1. The minimum absolute atomic E-state index is 0.513. The minimum Gasteiger partial charge on any atom is -0.384 e. The van der Waals surface area contributed by atoms with Gasteiger partial charge in [0.1, 0.15) is 17.5 Å². The summed E-state index contributed by atoms with van der Waals surface area (Å²) in [7, 11) is 2.14. The normalized spacial score (nSPS) is 11.2. The van der Waals surface area contributed by atoms with Gasteiger partial charge in [-0.15, -0.1) is 0 Å². The first kappa shape index (κ1) is 13.7. The van der Waals surface area contributed by atoms with Gasteiger partial charge in [0.15, 0.2) is 0 Å². The first-order valence-electron chi connectivity index (χ1n) is 6.04. The van der Waals surface area contributed by atoms with Crippen LogP contribution in [0.5, 0.6) is 0 Å². The second-order valence-electron chi connectivity index (χ2n) is 4.58. The molecule has 1 aromatic heterocycles. The summed E-state index contributed by atoms with van der Waals surface area (Å²) in [6, 6.07) is 2.35. The zero-order valence-electron chi connectivity index (χ0n) is 11.2. The number of aryl methyl sites for hydroxylation is 1. The summed E-state index contributed by atoms with van der Waals surface area (Å²) in [5.41, 5.74) is 5.65. The van der Waals surface area contributed by atoms with Crippen molar-refractivity contribution >= 4 is 11.6 Å². The van der Waals surface area contributed by atoms with Gasteiger partial charge in [-0.05, 0) is 40.8 Å². The first-order valence-corrected chi connectivity index (χ1v) is 6.04. The Balaban J connectivity index is 2.31. The van der Waals surface area contributed by atoms with Crippen LogP contribution in [-0.4, -0.2) is 41.0 Å². The molecule has 1 rings (SSSR count). The van der Waals surface area contributed by atoms with E-state index in [1.165, 1.54) is 0 Å². The Bertz CT molecular complexity index is 330. The highest BCUT2D eigenvalue weighted by Crippen LogP contribution is 2.07. The topological polar surface area (TPSA) is 67.1 Å². The van der Waals surface area contributed by atoms with Crippen molar-refractivity contribution in [3.63, 3.8) is 0 Å². The Morgan fingerprint density at radius 2 is 2.12 bits per heavy atom. The van der Waals surface area contributed by atoms with Crippen LogP contribution < -0.4 is 11.1 Å². The van der Waals surface area contributed by atoms with E-state index in [4.69, 9.17) is 5.73 Å². The molecule has 0 aliphatic rings. The van der Waals surface area contributed by atoms with Crippen LogP contribution in [0.25, 0.3) is 0 Å². The molecule has 5 heteroatoms. The van der Waals surface area contributed by atoms with Crippen LogP contribution in [0.3, 0.4) is 0 Å². The molecule has 0 bridgehead atoms. The predicted octanol–water partition coefficient (Wildman–Crippen LogP) is 1.51. The zero-order valence-corrected chi connectivity index (χ0v) is 11.2. The molecule has 0 atom stereocenters. The van der Waals surface area contributed by atoms with E-state index in [2.05, 4.69) is 41.1 Å². The highest BCUT2D eigenvalue weighted by atomic mass is 15.1. The van der Waals surface area contributed by atoms with Crippen LogP contribution in [0.4, 0.5) is 11.6 Å². The maximum absolute atomic E-state index is 5.65. The Kier molecular flexibility index (Phi) is 5.15. The Labute approximate surface area is 103 Å². The molecule has 0 amide bonds. The molecule has 0 aliphatic heterocycles. The summed E-state index contributed by atoms with van der Waals surface area (Å²) in [5.74, 6) is 2.02. The molecule has 0 radical (unpaired) electrons. The van der Waals surface area contributed by atoms with Crippen LogP contribution in [0.15, 0.2) is 6.07 Å².